The van der Waals surface area contributed by atoms with E-state index in [0.29, 0.717) is 0 Å². The summed E-state index contributed by atoms with van der Waals surface area (Å²) in [4.78, 5) is 2.37. The zero-order valence-corrected chi connectivity index (χ0v) is 9.82. The molecular formula is C13H22N2. The molecule has 1 aromatic rings. The van der Waals surface area contributed by atoms with E-state index < -0.39 is 0 Å². The van der Waals surface area contributed by atoms with Crippen LogP contribution in [0, 0.1) is 0 Å². The minimum Gasteiger partial charge on any atom is -0.370 e. The lowest BCUT2D eigenvalue weighted by Gasteiger charge is -2.26. The lowest BCUT2D eigenvalue weighted by Crippen LogP contribution is -2.36. The standard InChI is InChI=1S/C13H22N2/c1-3-4-10-15(11-12(2)14)13-8-6-5-7-9-13/h5-9,12H,3-4,10-11,14H2,1-2H3/t12-/m0/s1. The number of para-hydroxylation sites is 1. The first-order valence-electron chi connectivity index (χ1n) is 5.79. The van der Waals surface area contributed by atoms with Crippen LogP contribution in [-0.4, -0.2) is 19.1 Å². The van der Waals surface area contributed by atoms with Crippen LogP contribution in [0.5, 0.6) is 0 Å². The summed E-state index contributed by atoms with van der Waals surface area (Å²) in [6, 6.07) is 10.7. The third-order valence-electron chi connectivity index (χ3n) is 2.41. The minimum absolute atomic E-state index is 0.224. The fraction of sp³-hybridized carbons (Fsp3) is 0.538. The van der Waals surface area contributed by atoms with E-state index in [0.717, 1.165) is 13.1 Å². The highest BCUT2D eigenvalue weighted by Crippen LogP contribution is 2.14. The molecular weight excluding hydrogens is 184 g/mol. The first kappa shape index (κ1) is 12.1. The second-order valence-electron chi connectivity index (χ2n) is 4.11. The fourth-order valence-corrected chi connectivity index (χ4v) is 1.66. The van der Waals surface area contributed by atoms with E-state index in [4.69, 9.17) is 5.73 Å². The molecule has 1 rings (SSSR count). The van der Waals surface area contributed by atoms with E-state index >= 15 is 0 Å². The van der Waals surface area contributed by atoms with E-state index in [2.05, 4.69) is 43.0 Å². The van der Waals surface area contributed by atoms with E-state index in [-0.39, 0.29) is 6.04 Å². The highest BCUT2D eigenvalue weighted by molar-refractivity contribution is 5.46. The molecule has 2 N–H and O–H groups in total. The first-order chi connectivity index (χ1) is 7.24. The molecule has 0 spiro atoms. The maximum Gasteiger partial charge on any atom is 0.0366 e. The summed E-state index contributed by atoms with van der Waals surface area (Å²) in [5.74, 6) is 0. The van der Waals surface area contributed by atoms with Gasteiger partial charge in [-0.3, -0.25) is 0 Å². The largest absolute Gasteiger partial charge is 0.370 e. The number of rotatable bonds is 6. The van der Waals surface area contributed by atoms with Crippen molar-refractivity contribution in [2.45, 2.75) is 32.7 Å². The molecule has 0 radical (unpaired) electrons. The summed E-state index contributed by atoms with van der Waals surface area (Å²) >= 11 is 0. The number of anilines is 1. The van der Waals surface area contributed by atoms with Gasteiger partial charge in [0.2, 0.25) is 0 Å². The van der Waals surface area contributed by atoms with Crippen molar-refractivity contribution in [3.05, 3.63) is 30.3 Å². The number of benzene rings is 1. The van der Waals surface area contributed by atoms with Crippen molar-refractivity contribution in [1.29, 1.82) is 0 Å². The highest BCUT2D eigenvalue weighted by Gasteiger charge is 2.07. The molecule has 15 heavy (non-hydrogen) atoms. The Morgan fingerprint density at radius 1 is 1.27 bits per heavy atom. The summed E-state index contributed by atoms with van der Waals surface area (Å²) in [6.45, 7) is 6.31. The van der Waals surface area contributed by atoms with Crippen molar-refractivity contribution in [1.82, 2.24) is 0 Å². The predicted molar refractivity (Wildman–Crippen MR) is 67.2 cm³/mol. The second kappa shape index (κ2) is 6.46. The Balaban J connectivity index is 2.63. The van der Waals surface area contributed by atoms with Gasteiger partial charge in [0.05, 0.1) is 0 Å². The van der Waals surface area contributed by atoms with Gasteiger partial charge in [0, 0.05) is 24.8 Å². The van der Waals surface area contributed by atoms with Gasteiger partial charge in [-0.15, -0.1) is 0 Å². The quantitative estimate of drug-likeness (QED) is 0.775. The van der Waals surface area contributed by atoms with E-state index in [1.807, 2.05) is 6.07 Å². The molecule has 0 aliphatic rings. The molecule has 84 valence electrons. The molecule has 0 unspecified atom stereocenters. The minimum atomic E-state index is 0.224. The van der Waals surface area contributed by atoms with E-state index in [1.165, 1.54) is 18.5 Å². The third kappa shape index (κ3) is 4.34. The molecule has 0 saturated carbocycles. The van der Waals surface area contributed by atoms with E-state index in [1.54, 1.807) is 0 Å². The first-order valence-corrected chi connectivity index (χ1v) is 5.79. The fourth-order valence-electron chi connectivity index (χ4n) is 1.66. The van der Waals surface area contributed by atoms with Crippen LogP contribution in [0.1, 0.15) is 26.7 Å². The van der Waals surface area contributed by atoms with Gasteiger partial charge in [-0.25, -0.2) is 0 Å². The summed E-state index contributed by atoms with van der Waals surface area (Å²) in [5.41, 5.74) is 7.14. The van der Waals surface area contributed by atoms with Crippen molar-refractivity contribution in [3.63, 3.8) is 0 Å². The molecule has 1 atom stereocenters. The molecule has 0 fully saturated rings. The molecule has 0 aromatic heterocycles. The predicted octanol–water partition coefficient (Wildman–Crippen LogP) is 2.64. The monoisotopic (exact) mass is 206 g/mol. The number of hydrogen-bond acceptors (Lipinski definition) is 2. The lowest BCUT2D eigenvalue weighted by atomic mass is 10.2. The maximum atomic E-state index is 5.86. The zero-order chi connectivity index (χ0) is 11.1. The third-order valence-corrected chi connectivity index (χ3v) is 2.41. The molecule has 0 saturated heterocycles. The average Bonchev–Trinajstić information content (AvgIpc) is 2.25. The molecule has 1 aromatic carbocycles. The summed E-state index contributed by atoms with van der Waals surface area (Å²) in [7, 11) is 0. The number of nitrogens with zero attached hydrogens (tertiary/aromatic N) is 1. The second-order valence-corrected chi connectivity index (χ2v) is 4.11. The molecule has 0 heterocycles. The molecule has 2 heteroatoms. The number of unbranched alkanes of at least 4 members (excludes halogenated alkanes) is 1. The Kier molecular flexibility index (Phi) is 5.19. The van der Waals surface area contributed by atoms with Crippen LogP contribution in [0.2, 0.25) is 0 Å². The van der Waals surface area contributed by atoms with Crippen LogP contribution in [-0.2, 0) is 0 Å². The zero-order valence-electron chi connectivity index (χ0n) is 9.82. The Labute approximate surface area is 93.1 Å². The van der Waals surface area contributed by atoms with Gasteiger partial charge in [-0.05, 0) is 25.5 Å². The van der Waals surface area contributed by atoms with Crippen LogP contribution in [0.3, 0.4) is 0 Å². The molecule has 0 aliphatic carbocycles. The lowest BCUT2D eigenvalue weighted by molar-refractivity contribution is 0.650. The smallest absolute Gasteiger partial charge is 0.0366 e. The number of hydrogen-bond donors (Lipinski definition) is 1. The SMILES string of the molecule is CCCCN(C[C@H](C)N)c1ccccc1. The molecule has 0 bridgehead atoms. The Morgan fingerprint density at radius 3 is 2.47 bits per heavy atom. The van der Waals surface area contributed by atoms with Gasteiger partial charge < -0.3 is 10.6 Å². The highest BCUT2D eigenvalue weighted by atomic mass is 15.1. The van der Waals surface area contributed by atoms with Gasteiger partial charge in [-0.1, -0.05) is 31.5 Å². The Hall–Kier alpha value is -1.02. The van der Waals surface area contributed by atoms with Gasteiger partial charge in [0.25, 0.3) is 0 Å². The summed E-state index contributed by atoms with van der Waals surface area (Å²) in [6.07, 6.45) is 2.45. The molecule has 0 amide bonds. The topological polar surface area (TPSA) is 29.3 Å². The molecule has 0 aliphatic heterocycles. The van der Waals surface area contributed by atoms with Crippen LogP contribution in [0.4, 0.5) is 5.69 Å². The van der Waals surface area contributed by atoms with Crippen molar-refractivity contribution >= 4 is 5.69 Å². The van der Waals surface area contributed by atoms with Gasteiger partial charge in [-0.2, -0.15) is 0 Å². The van der Waals surface area contributed by atoms with E-state index in [9.17, 15) is 0 Å². The summed E-state index contributed by atoms with van der Waals surface area (Å²) < 4.78 is 0. The summed E-state index contributed by atoms with van der Waals surface area (Å²) in [5, 5.41) is 0. The normalized spacial score (nSPS) is 12.5. The van der Waals surface area contributed by atoms with Crippen LogP contribution in [0.15, 0.2) is 30.3 Å². The van der Waals surface area contributed by atoms with Crippen molar-refractivity contribution in [2.75, 3.05) is 18.0 Å². The number of nitrogens with two attached hydrogens (primary N) is 1. The average molecular weight is 206 g/mol. The van der Waals surface area contributed by atoms with Gasteiger partial charge in [0.15, 0.2) is 0 Å². The van der Waals surface area contributed by atoms with Crippen molar-refractivity contribution in [2.24, 2.45) is 5.73 Å². The van der Waals surface area contributed by atoms with Gasteiger partial charge in [0.1, 0.15) is 0 Å². The van der Waals surface area contributed by atoms with Crippen LogP contribution in [0.25, 0.3) is 0 Å². The Morgan fingerprint density at radius 2 is 1.93 bits per heavy atom. The molecule has 2 nitrogen and oxygen atoms in total. The van der Waals surface area contributed by atoms with Crippen LogP contribution < -0.4 is 10.6 Å². The van der Waals surface area contributed by atoms with Gasteiger partial charge >= 0.3 is 0 Å². The van der Waals surface area contributed by atoms with Crippen molar-refractivity contribution in [3.8, 4) is 0 Å². The van der Waals surface area contributed by atoms with Crippen LogP contribution >= 0.6 is 0 Å². The maximum absolute atomic E-state index is 5.86. The Bertz CT molecular complexity index is 256. The van der Waals surface area contributed by atoms with Crippen molar-refractivity contribution < 1.29 is 0 Å².